The summed E-state index contributed by atoms with van der Waals surface area (Å²) in [5, 5.41) is 4.55. The van der Waals surface area contributed by atoms with Gasteiger partial charge in [-0.05, 0) is 32.8 Å². The van der Waals surface area contributed by atoms with Crippen molar-refractivity contribution in [1.82, 2.24) is 19.5 Å². The highest BCUT2D eigenvalue weighted by molar-refractivity contribution is 5.69. The molecule has 2 aliphatic heterocycles. The molecular formula is C25H31N5O3. The van der Waals surface area contributed by atoms with Crippen LogP contribution in [0.3, 0.4) is 0 Å². The van der Waals surface area contributed by atoms with Gasteiger partial charge in [0.25, 0.3) is 0 Å². The summed E-state index contributed by atoms with van der Waals surface area (Å²) in [5.41, 5.74) is 3.72. The van der Waals surface area contributed by atoms with E-state index in [-0.39, 0.29) is 12.2 Å². The van der Waals surface area contributed by atoms with Crippen LogP contribution in [-0.2, 0) is 28.9 Å². The largest absolute Gasteiger partial charge is 0.444 e. The van der Waals surface area contributed by atoms with Crippen molar-refractivity contribution < 1.29 is 14.3 Å². The van der Waals surface area contributed by atoms with Gasteiger partial charge in [0, 0.05) is 44.2 Å². The lowest BCUT2D eigenvalue weighted by Gasteiger charge is -2.41. The van der Waals surface area contributed by atoms with E-state index in [1.54, 1.807) is 11.1 Å². The maximum absolute atomic E-state index is 12.7. The number of carbonyl (C=O) groups excluding carboxylic acids is 1. The predicted octanol–water partition coefficient (Wildman–Crippen LogP) is 3.47. The van der Waals surface area contributed by atoms with Crippen molar-refractivity contribution in [3.8, 4) is 0 Å². The molecule has 1 saturated heterocycles. The molecule has 0 radical (unpaired) electrons. The second-order valence-corrected chi connectivity index (χ2v) is 9.75. The zero-order valence-electron chi connectivity index (χ0n) is 19.5. The summed E-state index contributed by atoms with van der Waals surface area (Å²) in [6, 6.07) is 12.2. The van der Waals surface area contributed by atoms with Crippen molar-refractivity contribution in [2.45, 2.75) is 51.9 Å². The summed E-state index contributed by atoms with van der Waals surface area (Å²) in [6.07, 6.45) is 3.13. The maximum atomic E-state index is 12.7. The van der Waals surface area contributed by atoms with Gasteiger partial charge < -0.3 is 19.3 Å². The maximum Gasteiger partial charge on any atom is 0.410 e. The van der Waals surface area contributed by atoms with Crippen molar-refractivity contribution in [1.29, 1.82) is 0 Å². The molecule has 8 heteroatoms. The van der Waals surface area contributed by atoms with Crippen molar-refractivity contribution in [2.75, 3.05) is 31.1 Å². The first-order chi connectivity index (χ1) is 15.9. The van der Waals surface area contributed by atoms with Crippen LogP contribution in [-0.4, -0.2) is 63.5 Å². The minimum atomic E-state index is -0.507. The number of amides is 1. The van der Waals surface area contributed by atoms with E-state index in [9.17, 15) is 4.79 Å². The standard InChI is InChI=1S/C25H31N5O3/c1-25(2,3)33-24(31)28-13-10-20-21(11-14-28)27-22-9-12-26-30(22)23(20)29-15-19(16-29)32-17-18-7-5-4-6-8-18/h4-9,12,19H,10-11,13-17H2,1-3H3. The second-order valence-electron chi connectivity index (χ2n) is 9.75. The van der Waals surface area contributed by atoms with Gasteiger partial charge in [-0.25, -0.2) is 9.78 Å². The molecule has 0 atom stereocenters. The normalized spacial score (nSPS) is 16.9. The number of aromatic nitrogens is 3. The zero-order valence-corrected chi connectivity index (χ0v) is 19.5. The van der Waals surface area contributed by atoms with Gasteiger partial charge in [-0.15, -0.1) is 0 Å². The first kappa shape index (κ1) is 21.7. The first-order valence-corrected chi connectivity index (χ1v) is 11.6. The number of hydrogen-bond acceptors (Lipinski definition) is 6. The Balaban J connectivity index is 1.32. The van der Waals surface area contributed by atoms with Crippen LogP contribution in [0.15, 0.2) is 42.6 Å². The Morgan fingerprint density at radius 1 is 1.09 bits per heavy atom. The van der Waals surface area contributed by atoms with Crippen LogP contribution in [0.5, 0.6) is 0 Å². The van der Waals surface area contributed by atoms with E-state index in [1.165, 1.54) is 11.1 Å². The Kier molecular flexibility index (Phi) is 5.70. The number of nitrogens with zero attached hydrogens (tertiary/aromatic N) is 5. The molecule has 0 saturated carbocycles. The van der Waals surface area contributed by atoms with Crippen LogP contribution in [0.25, 0.3) is 5.65 Å². The highest BCUT2D eigenvalue weighted by atomic mass is 16.6. The SMILES string of the molecule is CC(C)(C)OC(=O)N1CCc2nc3ccnn3c(N3CC(OCc4ccccc4)C3)c2CC1. The van der Waals surface area contributed by atoms with E-state index < -0.39 is 5.60 Å². The van der Waals surface area contributed by atoms with Crippen molar-refractivity contribution >= 4 is 17.6 Å². The van der Waals surface area contributed by atoms with E-state index in [0.29, 0.717) is 26.1 Å². The molecule has 1 amide bonds. The highest BCUT2D eigenvalue weighted by Crippen LogP contribution is 2.31. The van der Waals surface area contributed by atoms with Gasteiger partial charge in [0.15, 0.2) is 5.65 Å². The number of benzene rings is 1. The van der Waals surface area contributed by atoms with Crippen LogP contribution in [0.1, 0.15) is 37.6 Å². The third-order valence-corrected chi connectivity index (χ3v) is 6.07. The fourth-order valence-electron chi connectivity index (χ4n) is 4.41. The summed E-state index contributed by atoms with van der Waals surface area (Å²) in [6.45, 7) is 9.13. The van der Waals surface area contributed by atoms with E-state index >= 15 is 0 Å². The Morgan fingerprint density at radius 3 is 2.61 bits per heavy atom. The number of carbonyl (C=O) groups is 1. The molecule has 174 valence electrons. The molecule has 0 spiro atoms. The number of hydrogen-bond donors (Lipinski definition) is 0. The molecule has 0 bridgehead atoms. The molecule has 8 nitrogen and oxygen atoms in total. The van der Waals surface area contributed by atoms with E-state index in [0.717, 1.165) is 36.7 Å². The molecule has 5 rings (SSSR count). The number of ether oxygens (including phenoxy) is 2. The summed E-state index contributed by atoms with van der Waals surface area (Å²) < 4.78 is 13.6. The minimum absolute atomic E-state index is 0.184. The van der Waals surface area contributed by atoms with Crippen LogP contribution in [0.4, 0.5) is 10.6 Å². The van der Waals surface area contributed by atoms with Gasteiger partial charge in [0.1, 0.15) is 11.4 Å². The fraction of sp³-hybridized carbons (Fsp3) is 0.480. The lowest BCUT2D eigenvalue weighted by atomic mass is 10.1. The monoisotopic (exact) mass is 449 g/mol. The Hall–Kier alpha value is -3.13. The van der Waals surface area contributed by atoms with Gasteiger partial charge in [-0.3, -0.25) is 0 Å². The smallest absolute Gasteiger partial charge is 0.410 e. The quantitative estimate of drug-likeness (QED) is 0.607. The highest BCUT2D eigenvalue weighted by Gasteiger charge is 2.34. The zero-order chi connectivity index (χ0) is 23.0. The van der Waals surface area contributed by atoms with Gasteiger partial charge in [-0.2, -0.15) is 9.61 Å². The molecule has 1 aromatic carbocycles. The lowest BCUT2D eigenvalue weighted by molar-refractivity contribution is 0.0218. The third kappa shape index (κ3) is 4.66. The van der Waals surface area contributed by atoms with E-state index in [2.05, 4.69) is 22.1 Å². The summed E-state index contributed by atoms with van der Waals surface area (Å²) in [5.74, 6) is 1.07. The average molecular weight is 450 g/mol. The van der Waals surface area contributed by atoms with E-state index in [4.69, 9.17) is 14.5 Å². The predicted molar refractivity (Wildman–Crippen MR) is 125 cm³/mol. The molecular weight excluding hydrogens is 418 g/mol. The second kappa shape index (κ2) is 8.67. The van der Waals surface area contributed by atoms with Crippen LogP contribution in [0, 0.1) is 0 Å². The molecule has 4 heterocycles. The van der Waals surface area contributed by atoms with Gasteiger partial charge >= 0.3 is 6.09 Å². The molecule has 3 aromatic rings. The lowest BCUT2D eigenvalue weighted by Crippen LogP contribution is -2.53. The molecule has 33 heavy (non-hydrogen) atoms. The van der Waals surface area contributed by atoms with Gasteiger partial charge in [-0.1, -0.05) is 30.3 Å². The third-order valence-electron chi connectivity index (χ3n) is 6.07. The number of rotatable bonds is 4. The van der Waals surface area contributed by atoms with Crippen LogP contribution in [0.2, 0.25) is 0 Å². The fourth-order valence-corrected chi connectivity index (χ4v) is 4.41. The van der Waals surface area contributed by atoms with Gasteiger partial charge in [0.2, 0.25) is 0 Å². The summed E-state index contributed by atoms with van der Waals surface area (Å²) >= 11 is 0. The summed E-state index contributed by atoms with van der Waals surface area (Å²) in [7, 11) is 0. The Morgan fingerprint density at radius 2 is 1.85 bits per heavy atom. The molecule has 2 aliphatic rings. The molecule has 1 fully saturated rings. The molecule has 0 unspecified atom stereocenters. The Labute approximate surface area is 194 Å². The minimum Gasteiger partial charge on any atom is -0.444 e. The first-order valence-electron chi connectivity index (χ1n) is 11.6. The van der Waals surface area contributed by atoms with Gasteiger partial charge in [0.05, 0.1) is 24.6 Å². The molecule has 0 N–H and O–H groups in total. The molecule has 2 aromatic heterocycles. The summed E-state index contributed by atoms with van der Waals surface area (Å²) in [4.78, 5) is 21.6. The van der Waals surface area contributed by atoms with E-state index in [1.807, 2.05) is 49.6 Å². The van der Waals surface area contributed by atoms with Crippen molar-refractivity contribution in [3.05, 3.63) is 59.4 Å². The van der Waals surface area contributed by atoms with Crippen LogP contribution < -0.4 is 4.90 Å². The van der Waals surface area contributed by atoms with Crippen molar-refractivity contribution in [2.24, 2.45) is 0 Å². The van der Waals surface area contributed by atoms with Crippen molar-refractivity contribution in [3.63, 3.8) is 0 Å². The molecule has 0 aliphatic carbocycles. The Bertz CT molecular complexity index is 1130. The number of fused-ring (bicyclic) bond motifs is 2. The topological polar surface area (TPSA) is 72.2 Å². The average Bonchev–Trinajstić information content (AvgIpc) is 3.10. The van der Waals surface area contributed by atoms with Crippen LogP contribution >= 0.6 is 0 Å². The number of anilines is 1.